The molecule has 0 amide bonds. The van der Waals surface area contributed by atoms with Crippen LogP contribution in [0.4, 0.5) is 0 Å². The highest BCUT2D eigenvalue weighted by atomic mass is 32.2. The van der Waals surface area contributed by atoms with Crippen LogP contribution < -0.4 is 0 Å². The van der Waals surface area contributed by atoms with E-state index in [9.17, 15) is 13.5 Å². The standard InChI is InChI=1S/C28H36N2O3S/c1-23(2)19-30(34(32)33)22-28(31)27(18-24-12-6-3-7-13-24)29(20-25-14-8-4-9-15-25)21-26-16-10-5-11-17-26/h3-17,23,27-28,31,34H,18-22H2,1-2H3/t27-,28+/m0/s1. The summed E-state index contributed by atoms with van der Waals surface area (Å²) < 4.78 is 25.3. The summed E-state index contributed by atoms with van der Waals surface area (Å²) in [6.07, 6.45) is -0.230. The van der Waals surface area contributed by atoms with Gasteiger partial charge in [0, 0.05) is 32.2 Å². The molecule has 0 aliphatic rings. The van der Waals surface area contributed by atoms with E-state index in [2.05, 4.69) is 41.3 Å². The molecule has 0 spiro atoms. The number of rotatable bonds is 13. The van der Waals surface area contributed by atoms with Gasteiger partial charge in [0.2, 0.25) is 10.9 Å². The molecule has 0 radical (unpaired) electrons. The van der Waals surface area contributed by atoms with Crippen molar-refractivity contribution < 1.29 is 13.5 Å². The minimum Gasteiger partial charge on any atom is -0.390 e. The molecule has 0 fully saturated rings. The summed E-state index contributed by atoms with van der Waals surface area (Å²) in [5, 5.41) is 11.5. The van der Waals surface area contributed by atoms with Crippen LogP contribution in [-0.2, 0) is 30.4 Å². The Bertz CT molecular complexity index is 994. The Morgan fingerprint density at radius 1 is 0.706 bits per heavy atom. The lowest BCUT2D eigenvalue weighted by Crippen LogP contribution is -2.49. The molecule has 182 valence electrons. The molecular formula is C28H36N2O3S. The third kappa shape index (κ3) is 8.37. The van der Waals surface area contributed by atoms with Crippen LogP contribution in [-0.4, -0.2) is 48.0 Å². The summed E-state index contributed by atoms with van der Waals surface area (Å²) in [6, 6.07) is 30.2. The van der Waals surface area contributed by atoms with E-state index < -0.39 is 17.0 Å². The normalized spacial score (nSPS) is 13.6. The number of nitrogens with zero attached hydrogens (tertiary/aromatic N) is 2. The fraction of sp³-hybridized carbons (Fsp3) is 0.357. The van der Waals surface area contributed by atoms with Gasteiger partial charge in [0.25, 0.3) is 0 Å². The topological polar surface area (TPSA) is 60.9 Å². The highest BCUT2D eigenvalue weighted by Crippen LogP contribution is 2.20. The average Bonchev–Trinajstić information content (AvgIpc) is 2.83. The number of benzene rings is 3. The van der Waals surface area contributed by atoms with E-state index >= 15 is 0 Å². The molecular weight excluding hydrogens is 444 g/mol. The monoisotopic (exact) mass is 480 g/mol. The van der Waals surface area contributed by atoms with Crippen molar-refractivity contribution in [3.63, 3.8) is 0 Å². The molecule has 3 rings (SSSR count). The number of hydrogen-bond acceptors (Lipinski definition) is 4. The van der Waals surface area contributed by atoms with E-state index in [0.717, 1.165) is 16.7 Å². The molecule has 5 nitrogen and oxygen atoms in total. The quantitative estimate of drug-likeness (QED) is 0.361. The second-order valence-corrected chi connectivity index (χ2v) is 10.2. The second-order valence-electron chi connectivity index (χ2n) is 9.20. The van der Waals surface area contributed by atoms with Gasteiger partial charge in [0.15, 0.2) is 0 Å². The van der Waals surface area contributed by atoms with E-state index in [0.29, 0.717) is 26.1 Å². The van der Waals surface area contributed by atoms with Crippen LogP contribution in [0.15, 0.2) is 91.0 Å². The Balaban J connectivity index is 1.94. The summed E-state index contributed by atoms with van der Waals surface area (Å²) in [5.74, 6) is 0.178. The van der Waals surface area contributed by atoms with E-state index in [-0.39, 0.29) is 18.5 Å². The van der Waals surface area contributed by atoms with Crippen LogP contribution in [0, 0.1) is 5.92 Å². The molecule has 0 unspecified atom stereocenters. The number of hydrogen-bond donors (Lipinski definition) is 2. The minimum atomic E-state index is -2.77. The molecule has 6 heteroatoms. The summed E-state index contributed by atoms with van der Waals surface area (Å²) >= 11 is 0. The zero-order valence-electron chi connectivity index (χ0n) is 20.0. The predicted octanol–water partition coefficient (Wildman–Crippen LogP) is 4.15. The second kappa shape index (κ2) is 13.4. The van der Waals surface area contributed by atoms with Crippen LogP contribution in [0.2, 0.25) is 0 Å². The minimum absolute atomic E-state index is 0.0778. The third-order valence-corrected chi connectivity index (χ3v) is 6.65. The fourth-order valence-corrected chi connectivity index (χ4v) is 5.02. The van der Waals surface area contributed by atoms with Crippen molar-refractivity contribution in [1.82, 2.24) is 9.21 Å². The van der Waals surface area contributed by atoms with Crippen LogP contribution in [0.5, 0.6) is 0 Å². The molecule has 0 saturated carbocycles. The summed E-state index contributed by atoms with van der Waals surface area (Å²) in [5.41, 5.74) is 3.41. The first-order valence-corrected chi connectivity index (χ1v) is 13.0. The zero-order valence-corrected chi connectivity index (χ0v) is 20.9. The van der Waals surface area contributed by atoms with Gasteiger partial charge in [-0.05, 0) is 29.0 Å². The van der Waals surface area contributed by atoms with Crippen molar-refractivity contribution in [2.45, 2.75) is 45.5 Å². The summed E-state index contributed by atoms with van der Waals surface area (Å²) in [7, 11) is -2.77. The maximum atomic E-state index is 11.9. The molecule has 0 aliphatic carbocycles. The Morgan fingerprint density at radius 3 is 1.56 bits per heavy atom. The molecule has 34 heavy (non-hydrogen) atoms. The number of thiol groups is 1. The average molecular weight is 481 g/mol. The molecule has 2 atom stereocenters. The summed E-state index contributed by atoms with van der Waals surface area (Å²) in [6.45, 7) is 5.74. The van der Waals surface area contributed by atoms with Gasteiger partial charge in [-0.25, -0.2) is 12.7 Å². The molecule has 0 bridgehead atoms. The molecule has 0 heterocycles. The van der Waals surface area contributed by atoms with E-state index in [1.807, 2.05) is 68.4 Å². The number of aliphatic hydroxyl groups is 1. The van der Waals surface area contributed by atoms with E-state index in [4.69, 9.17) is 0 Å². The van der Waals surface area contributed by atoms with Gasteiger partial charge in [-0.15, -0.1) is 0 Å². The Hall–Kier alpha value is -2.51. The molecule has 0 aromatic heterocycles. The van der Waals surface area contributed by atoms with Crippen molar-refractivity contribution in [2.24, 2.45) is 5.92 Å². The summed E-state index contributed by atoms with van der Waals surface area (Å²) in [4.78, 5) is 2.27. The predicted molar refractivity (Wildman–Crippen MR) is 139 cm³/mol. The lowest BCUT2D eigenvalue weighted by Gasteiger charge is -2.36. The molecule has 1 N–H and O–H groups in total. The first-order valence-electron chi connectivity index (χ1n) is 11.9. The first kappa shape index (κ1) is 26.1. The molecule has 0 saturated heterocycles. The molecule has 3 aromatic rings. The Morgan fingerprint density at radius 2 is 1.15 bits per heavy atom. The van der Waals surface area contributed by atoms with E-state index in [1.165, 1.54) is 4.31 Å². The first-order chi connectivity index (χ1) is 16.4. The molecule has 0 aliphatic heterocycles. The third-order valence-electron chi connectivity index (χ3n) is 5.86. The largest absolute Gasteiger partial charge is 0.390 e. The van der Waals surface area contributed by atoms with Gasteiger partial charge in [-0.2, -0.15) is 0 Å². The lowest BCUT2D eigenvalue weighted by atomic mass is 9.97. The fourth-order valence-electron chi connectivity index (χ4n) is 4.26. The highest BCUT2D eigenvalue weighted by Gasteiger charge is 2.29. The lowest BCUT2D eigenvalue weighted by molar-refractivity contribution is 0.0278. The SMILES string of the molecule is CC(C)CN(C[C@@H](O)[C@H](Cc1ccccc1)N(Cc1ccccc1)Cc1ccccc1)[SH](=O)=O. The van der Waals surface area contributed by atoms with Crippen molar-refractivity contribution in [1.29, 1.82) is 0 Å². The van der Waals surface area contributed by atoms with Crippen LogP contribution >= 0.6 is 0 Å². The zero-order chi connectivity index (χ0) is 24.3. The van der Waals surface area contributed by atoms with Crippen LogP contribution in [0.3, 0.4) is 0 Å². The Labute approximate surface area is 205 Å². The van der Waals surface area contributed by atoms with Crippen LogP contribution in [0.25, 0.3) is 0 Å². The van der Waals surface area contributed by atoms with Crippen LogP contribution in [0.1, 0.15) is 30.5 Å². The van der Waals surface area contributed by atoms with E-state index in [1.54, 1.807) is 0 Å². The maximum Gasteiger partial charge on any atom is 0.204 e. The van der Waals surface area contributed by atoms with Crippen molar-refractivity contribution in [3.05, 3.63) is 108 Å². The van der Waals surface area contributed by atoms with Gasteiger partial charge < -0.3 is 5.11 Å². The van der Waals surface area contributed by atoms with Gasteiger partial charge in [-0.1, -0.05) is 105 Å². The van der Waals surface area contributed by atoms with Gasteiger partial charge >= 0.3 is 0 Å². The van der Waals surface area contributed by atoms with Crippen molar-refractivity contribution in [2.75, 3.05) is 13.1 Å². The smallest absolute Gasteiger partial charge is 0.204 e. The maximum absolute atomic E-state index is 11.9. The molecule has 3 aromatic carbocycles. The van der Waals surface area contributed by atoms with Gasteiger partial charge in [0.1, 0.15) is 0 Å². The van der Waals surface area contributed by atoms with Crippen molar-refractivity contribution >= 4 is 10.9 Å². The Kier molecular flexibility index (Phi) is 10.3. The van der Waals surface area contributed by atoms with Gasteiger partial charge in [-0.3, -0.25) is 4.90 Å². The van der Waals surface area contributed by atoms with Gasteiger partial charge in [0.05, 0.1) is 6.10 Å². The number of aliphatic hydroxyl groups excluding tert-OH is 1. The highest BCUT2D eigenvalue weighted by molar-refractivity contribution is 7.69. The van der Waals surface area contributed by atoms with Crippen molar-refractivity contribution in [3.8, 4) is 0 Å².